The van der Waals surface area contributed by atoms with E-state index in [1.165, 1.54) is 4.70 Å². The van der Waals surface area contributed by atoms with E-state index in [-0.39, 0.29) is 0 Å². The number of alkyl halides is 1. The molecule has 5 heteroatoms. The molecule has 2 aromatic carbocycles. The van der Waals surface area contributed by atoms with Crippen molar-refractivity contribution < 1.29 is 9.47 Å². The Balaban J connectivity index is 1.77. The Labute approximate surface area is 135 Å². The van der Waals surface area contributed by atoms with Gasteiger partial charge < -0.3 is 9.47 Å². The lowest BCUT2D eigenvalue weighted by molar-refractivity contribution is 0.284. The second-order valence-electron chi connectivity index (χ2n) is 4.48. The molecule has 0 fully saturated rings. The molecule has 3 rings (SSSR count). The summed E-state index contributed by atoms with van der Waals surface area (Å²) >= 11 is 5.09. The lowest BCUT2D eigenvalue weighted by atomic mass is 10.2. The summed E-state index contributed by atoms with van der Waals surface area (Å²) in [4.78, 5) is 4.56. The van der Waals surface area contributed by atoms with Gasteiger partial charge in [-0.05, 0) is 29.8 Å². The van der Waals surface area contributed by atoms with Crippen LogP contribution in [0.3, 0.4) is 0 Å². The standard InChI is InChI=1S/C16H14BrNO2S/c1-19-14-8-11(9-17)6-7-13(14)20-10-16-18-12-4-2-3-5-15(12)21-16/h2-8H,9-10H2,1H3. The van der Waals surface area contributed by atoms with Crippen molar-refractivity contribution in [2.75, 3.05) is 7.11 Å². The smallest absolute Gasteiger partial charge is 0.161 e. The first-order valence-electron chi connectivity index (χ1n) is 6.50. The Morgan fingerprint density at radius 2 is 2.00 bits per heavy atom. The van der Waals surface area contributed by atoms with Crippen molar-refractivity contribution in [3.8, 4) is 11.5 Å². The highest BCUT2D eigenvalue weighted by atomic mass is 79.9. The Morgan fingerprint density at radius 1 is 1.14 bits per heavy atom. The number of methoxy groups -OCH3 is 1. The lowest BCUT2D eigenvalue weighted by Gasteiger charge is -2.10. The molecular weight excluding hydrogens is 350 g/mol. The molecule has 1 heterocycles. The van der Waals surface area contributed by atoms with Crippen LogP contribution in [0.2, 0.25) is 0 Å². The van der Waals surface area contributed by atoms with E-state index < -0.39 is 0 Å². The Morgan fingerprint density at radius 3 is 2.76 bits per heavy atom. The third kappa shape index (κ3) is 3.19. The lowest BCUT2D eigenvalue weighted by Crippen LogP contribution is -1.97. The molecule has 0 spiro atoms. The van der Waals surface area contributed by atoms with Crippen LogP contribution in [0, 0.1) is 0 Å². The molecule has 0 aliphatic carbocycles. The van der Waals surface area contributed by atoms with Gasteiger partial charge in [-0.25, -0.2) is 4.98 Å². The van der Waals surface area contributed by atoms with E-state index in [1.54, 1.807) is 18.4 Å². The van der Waals surface area contributed by atoms with Crippen molar-refractivity contribution in [2.45, 2.75) is 11.9 Å². The van der Waals surface area contributed by atoms with E-state index in [9.17, 15) is 0 Å². The molecule has 0 bridgehead atoms. The maximum atomic E-state index is 5.85. The Kier molecular flexibility index (Phi) is 4.41. The number of thiazole rings is 1. The number of hydrogen-bond acceptors (Lipinski definition) is 4. The van der Waals surface area contributed by atoms with Gasteiger partial charge in [0.1, 0.15) is 11.6 Å². The first-order valence-corrected chi connectivity index (χ1v) is 8.44. The van der Waals surface area contributed by atoms with Gasteiger partial charge in [-0.2, -0.15) is 0 Å². The van der Waals surface area contributed by atoms with Gasteiger partial charge in [0.2, 0.25) is 0 Å². The first-order chi connectivity index (χ1) is 10.3. The number of para-hydroxylation sites is 1. The van der Waals surface area contributed by atoms with Crippen molar-refractivity contribution in [2.24, 2.45) is 0 Å². The predicted molar refractivity (Wildman–Crippen MR) is 89.6 cm³/mol. The third-order valence-electron chi connectivity index (χ3n) is 3.07. The van der Waals surface area contributed by atoms with Crippen molar-refractivity contribution >= 4 is 37.5 Å². The molecule has 0 saturated heterocycles. The number of ether oxygens (including phenoxy) is 2. The maximum Gasteiger partial charge on any atom is 0.161 e. The molecule has 0 radical (unpaired) electrons. The summed E-state index contributed by atoms with van der Waals surface area (Å²) in [6, 6.07) is 14.0. The first kappa shape index (κ1) is 14.4. The molecular formula is C16H14BrNO2S. The molecule has 1 aromatic heterocycles. The molecule has 0 aliphatic rings. The number of fused-ring (bicyclic) bond motifs is 1. The third-order valence-corrected chi connectivity index (χ3v) is 4.73. The molecule has 0 saturated carbocycles. The SMILES string of the molecule is COc1cc(CBr)ccc1OCc1nc2ccccc2s1. The summed E-state index contributed by atoms with van der Waals surface area (Å²) in [5.74, 6) is 1.48. The van der Waals surface area contributed by atoms with Gasteiger partial charge in [0.25, 0.3) is 0 Å². The molecule has 0 N–H and O–H groups in total. The van der Waals surface area contributed by atoms with Crippen LogP contribution in [0.25, 0.3) is 10.2 Å². The largest absolute Gasteiger partial charge is 0.493 e. The molecule has 0 amide bonds. The number of hydrogen-bond donors (Lipinski definition) is 0. The predicted octanol–water partition coefficient (Wildman–Crippen LogP) is 4.78. The van der Waals surface area contributed by atoms with Crippen molar-refractivity contribution in [1.82, 2.24) is 4.98 Å². The van der Waals surface area contributed by atoms with E-state index >= 15 is 0 Å². The summed E-state index contributed by atoms with van der Waals surface area (Å²) in [6.45, 7) is 0.448. The van der Waals surface area contributed by atoms with Crippen LogP contribution < -0.4 is 9.47 Å². The monoisotopic (exact) mass is 363 g/mol. The Bertz CT molecular complexity index is 724. The average Bonchev–Trinajstić information content (AvgIpc) is 2.95. The van der Waals surface area contributed by atoms with Crippen LogP contribution >= 0.6 is 27.3 Å². The fourth-order valence-electron chi connectivity index (χ4n) is 2.04. The summed E-state index contributed by atoms with van der Waals surface area (Å²) < 4.78 is 12.4. The zero-order chi connectivity index (χ0) is 14.7. The second-order valence-corrected chi connectivity index (χ2v) is 6.16. The summed E-state index contributed by atoms with van der Waals surface area (Å²) in [6.07, 6.45) is 0. The van der Waals surface area contributed by atoms with E-state index in [0.29, 0.717) is 6.61 Å². The zero-order valence-electron chi connectivity index (χ0n) is 11.5. The fraction of sp³-hybridized carbons (Fsp3) is 0.188. The highest BCUT2D eigenvalue weighted by Gasteiger charge is 2.08. The average molecular weight is 364 g/mol. The Hall–Kier alpha value is -1.59. The quantitative estimate of drug-likeness (QED) is 0.611. The van der Waals surface area contributed by atoms with Crippen molar-refractivity contribution in [3.05, 3.63) is 53.0 Å². The second kappa shape index (κ2) is 6.45. The molecule has 0 unspecified atom stereocenters. The molecule has 0 aliphatic heterocycles. The summed E-state index contributed by atoms with van der Waals surface area (Å²) in [5.41, 5.74) is 2.17. The van der Waals surface area contributed by atoms with Crippen molar-refractivity contribution in [3.63, 3.8) is 0 Å². The van der Waals surface area contributed by atoms with Gasteiger partial charge in [-0.3, -0.25) is 0 Å². The van der Waals surface area contributed by atoms with E-state index in [0.717, 1.165) is 32.9 Å². The van der Waals surface area contributed by atoms with E-state index in [1.807, 2.05) is 36.4 Å². The minimum absolute atomic E-state index is 0.448. The van der Waals surface area contributed by atoms with Gasteiger partial charge in [0.05, 0.1) is 17.3 Å². The highest BCUT2D eigenvalue weighted by molar-refractivity contribution is 9.08. The number of rotatable bonds is 5. The van der Waals surface area contributed by atoms with Crippen molar-refractivity contribution in [1.29, 1.82) is 0 Å². The number of aromatic nitrogens is 1. The molecule has 21 heavy (non-hydrogen) atoms. The summed E-state index contributed by atoms with van der Waals surface area (Å²) in [7, 11) is 1.65. The van der Waals surface area contributed by atoms with Gasteiger partial charge in [0, 0.05) is 5.33 Å². The van der Waals surface area contributed by atoms with E-state index in [2.05, 4.69) is 27.0 Å². The van der Waals surface area contributed by atoms with Crippen LogP contribution in [0.4, 0.5) is 0 Å². The van der Waals surface area contributed by atoms with Crippen LogP contribution in [0.15, 0.2) is 42.5 Å². The van der Waals surface area contributed by atoms with Gasteiger partial charge in [-0.1, -0.05) is 34.1 Å². The molecule has 3 aromatic rings. The number of nitrogens with zero attached hydrogens (tertiary/aromatic N) is 1. The molecule has 3 nitrogen and oxygen atoms in total. The maximum absolute atomic E-state index is 5.85. The van der Waals surface area contributed by atoms with Gasteiger partial charge in [0.15, 0.2) is 11.5 Å². The fourth-order valence-corrected chi connectivity index (χ4v) is 3.26. The molecule has 0 atom stereocenters. The number of benzene rings is 2. The van der Waals surface area contributed by atoms with Gasteiger partial charge in [-0.15, -0.1) is 11.3 Å². The normalized spacial score (nSPS) is 10.8. The van der Waals surface area contributed by atoms with Crippen LogP contribution in [0.1, 0.15) is 10.6 Å². The van der Waals surface area contributed by atoms with Crippen LogP contribution in [0.5, 0.6) is 11.5 Å². The minimum Gasteiger partial charge on any atom is -0.493 e. The van der Waals surface area contributed by atoms with Crippen LogP contribution in [-0.2, 0) is 11.9 Å². The minimum atomic E-state index is 0.448. The van der Waals surface area contributed by atoms with E-state index in [4.69, 9.17) is 9.47 Å². The molecule has 108 valence electrons. The zero-order valence-corrected chi connectivity index (χ0v) is 13.9. The van der Waals surface area contributed by atoms with Crippen LogP contribution in [-0.4, -0.2) is 12.1 Å². The topological polar surface area (TPSA) is 31.4 Å². The van der Waals surface area contributed by atoms with Gasteiger partial charge >= 0.3 is 0 Å². The highest BCUT2D eigenvalue weighted by Crippen LogP contribution is 2.30. The summed E-state index contributed by atoms with van der Waals surface area (Å²) in [5, 5.41) is 1.75. The number of halogens is 1.